The lowest BCUT2D eigenvalue weighted by Crippen LogP contribution is -2.31. The highest BCUT2D eigenvalue weighted by atomic mass is 16.1. The van der Waals surface area contributed by atoms with Crippen LogP contribution in [0.3, 0.4) is 0 Å². The lowest BCUT2D eigenvalue weighted by molar-refractivity contribution is 0.100. The van der Waals surface area contributed by atoms with Crippen LogP contribution in [0.2, 0.25) is 0 Å². The van der Waals surface area contributed by atoms with Crippen LogP contribution < -0.4 is 16.4 Å². The van der Waals surface area contributed by atoms with Crippen LogP contribution >= 0.6 is 0 Å². The Kier molecular flexibility index (Phi) is 6.53. The number of nitrogens with zero attached hydrogens (tertiary/aromatic N) is 1. The van der Waals surface area contributed by atoms with Crippen LogP contribution in [-0.2, 0) is 0 Å². The number of para-hydroxylation sites is 1. The van der Waals surface area contributed by atoms with Crippen molar-refractivity contribution >= 4 is 17.3 Å². The molecule has 1 aromatic carbocycles. The second-order valence-corrected chi connectivity index (χ2v) is 6.46. The molecule has 0 aromatic heterocycles. The summed E-state index contributed by atoms with van der Waals surface area (Å²) >= 11 is 0. The lowest BCUT2D eigenvalue weighted by Gasteiger charge is -2.29. The molecule has 21 heavy (non-hydrogen) atoms. The minimum atomic E-state index is -0.420. The molecule has 0 aliphatic heterocycles. The Balaban J connectivity index is 3.08. The summed E-state index contributed by atoms with van der Waals surface area (Å²) < 4.78 is 0. The summed E-state index contributed by atoms with van der Waals surface area (Å²) in [5, 5.41) is 0. The molecule has 0 atom stereocenters. The Morgan fingerprint density at radius 2 is 1.62 bits per heavy atom. The van der Waals surface area contributed by atoms with E-state index in [4.69, 9.17) is 11.5 Å². The van der Waals surface area contributed by atoms with Gasteiger partial charge in [-0.1, -0.05) is 33.8 Å². The van der Waals surface area contributed by atoms with Crippen molar-refractivity contribution in [3.05, 3.63) is 23.8 Å². The van der Waals surface area contributed by atoms with E-state index in [9.17, 15) is 4.79 Å². The van der Waals surface area contributed by atoms with Gasteiger partial charge >= 0.3 is 0 Å². The molecule has 1 amide bonds. The third kappa shape index (κ3) is 5.29. The zero-order valence-corrected chi connectivity index (χ0v) is 13.7. The molecule has 0 heterocycles. The fourth-order valence-electron chi connectivity index (χ4n) is 2.28. The van der Waals surface area contributed by atoms with Crippen molar-refractivity contribution in [2.45, 2.75) is 40.5 Å². The van der Waals surface area contributed by atoms with E-state index in [2.05, 4.69) is 32.6 Å². The fraction of sp³-hybridized carbons (Fsp3) is 0.588. The minimum absolute atomic E-state index is 0.420. The lowest BCUT2D eigenvalue weighted by atomic mass is 10.0. The van der Waals surface area contributed by atoms with E-state index in [0.717, 1.165) is 31.6 Å². The number of rotatable bonds is 8. The molecule has 1 rings (SSSR count). The molecule has 0 saturated carbocycles. The van der Waals surface area contributed by atoms with Gasteiger partial charge in [0.25, 0.3) is 5.91 Å². The van der Waals surface area contributed by atoms with Crippen molar-refractivity contribution in [1.82, 2.24) is 0 Å². The van der Waals surface area contributed by atoms with Crippen molar-refractivity contribution in [3.8, 4) is 0 Å². The molecule has 4 N–H and O–H groups in total. The molecule has 0 aliphatic carbocycles. The van der Waals surface area contributed by atoms with Gasteiger partial charge in [0, 0.05) is 13.1 Å². The second kappa shape index (κ2) is 7.91. The first-order valence-corrected chi connectivity index (χ1v) is 7.76. The summed E-state index contributed by atoms with van der Waals surface area (Å²) in [5.41, 5.74) is 13.6. The van der Waals surface area contributed by atoms with Crippen LogP contribution in [0.15, 0.2) is 18.2 Å². The van der Waals surface area contributed by atoms with Gasteiger partial charge < -0.3 is 16.4 Å². The molecule has 4 heteroatoms. The van der Waals surface area contributed by atoms with Gasteiger partial charge in [-0.3, -0.25) is 4.79 Å². The molecule has 1 aromatic rings. The number of anilines is 2. The average Bonchev–Trinajstić information content (AvgIpc) is 2.38. The molecule has 118 valence electrons. The normalized spacial score (nSPS) is 11.1. The largest absolute Gasteiger partial charge is 0.397 e. The van der Waals surface area contributed by atoms with Crippen LogP contribution in [0.4, 0.5) is 11.4 Å². The van der Waals surface area contributed by atoms with E-state index in [1.54, 1.807) is 12.1 Å². The number of amides is 1. The third-order valence-corrected chi connectivity index (χ3v) is 3.60. The van der Waals surface area contributed by atoms with Crippen molar-refractivity contribution in [2.24, 2.45) is 17.6 Å². The molecule has 0 radical (unpaired) electrons. The summed E-state index contributed by atoms with van der Waals surface area (Å²) in [6.45, 7) is 10.6. The maximum atomic E-state index is 11.7. The van der Waals surface area contributed by atoms with E-state index in [0.29, 0.717) is 23.1 Å². The van der Waals surface area contributed by atoms with E-state index in [1.165, 1.54) is 0 Å². The summed E-state index contributed by atoms with van der Waals surface area (Å²) in [6, 6.07) is 5.37. The quantitative estimate of drug-likeness (QED) is 0.722. The zero-order chi connectivity index (χ0) is 16.0. The van der Waals surface area contributed by atoms with Gasteiger partial charge in [0.1, 0.15) is 0 Å². The number of carbonyl (C=O) groups excluding carboxylic acids is 1. The van der Waals surface area contributed by atoms with E-state index in [-0.39, 0.29) is 0 Å². The highest BCUT2D eigenvalue weighted by Gasteiger charge is 2.18. The van der Waals surface area contributed by atoms with Gasteiger partial charge in [-0.05, 0) is 36.8 Å². The predicted octanol–water partition coefficient (Wildman–Crippen LogP) is 3.27. The van der Waals surface area contributed by atoms with Crippen LogP contribution in [-0.4, -0.2) is 19.0 Å². The van der Waals surface area contributed by atoms with Crippen molar-refractivity contribution < 1.29 is 4.79 Å². The van der Waals surface area contributed by atoms with Crippen LogP contribution in [0.25, 0.3) is 0 Å². The van der Waals surface area contributed by atoms with Crippen LogP contribution in [0.5, 0.6) is 0 Å². The van der Waals surface area contributed by atoms with E-state index < -0.39 is 5.91 Å². The fourth-order valence-corrected chi connectivity index (χ4v) is 2.28. The Morgan fingerprint density at radius 1 is 1.10 bits per heavy atom. The van der Waals surface area contributed by atoms with E-state index in [1.807, 2.05) is 6.07 Å². The smallest absolute Gasteiger partial charge is 0.250 e. The number of carbonyl (C=O) groups is 1. The Labute approximate surface area is 128 Å². The molecule has 0 spiro atoms. The summed E-state index contributed by atoms with van der Waals surface area (Å²) in [5.74, 6) is 0.790. The molecule has 0 saturated heterocycles. The highest BCUT2D eigenvalue weighted by Crippen LogP contribution is 2.29. The summed E-state index contributed by atoms with van der Waals surface area (Å²) in [7, 11) is 0. The Hall–Kier alpha value is -1.71. The molecule has 0 unspecified atom stereocenters. The standard InChI is InChI=1S/C17H29N3O/c1-12(2)8-10-20(11-9-13(3)4)16-14(17(19)21)6-5-7-15(16)18/h5-7,12-13H,8-11,18H2,1-4H3,(H2,19,21). The van der Waals surface area contributed by atoms with Crippen LogP contribution in [0.1, 0.15) is 50.9 Å². The maximum Gasteiger partial charge on any atom is 0.250 e. The van der Waals surface area contributed by atoms with Gasteiger partial charge in [0.05, 0.1) is 16.9 Å². The number of benzene rings is 1. The highest BCUT2D eigenvalue weighted by molar-refractivity contribution is 6.01. The molecule has 0 aliphatic rings. The number of primary amides is 1. The maximum absolute atomic E-state index is 11.7. The van der Waals surface area contributed by atoms with Crippen molar-refractivity contribution in [1.29, 1.82) is 0 Å². The second-order valence-electron chi connectivity index (χ2n) is 6.46. The minimum Gasteiger partial charge on any atom is -0.397 e. The number of nitrogens with two attached hydrogens (primary N) is 2. The first kappa shape index (κ1) is 17.3. The number of nitrogen functional groups attached to an aromatic ring is 1. The van der Waals surface area contributed by atoms with Gasteiger partial charge in [-0.25, -0.2) is 0 Å². The van der Waals surface area contributed by atoms with Crippen molar-refractivity contribution in [2.75, 3.05) is 23.7 Å². The monoisotopic (exact) mass is 291 g/mol. The summed E-state index contributed by atoms with van der Waals surface area (Å²) in [4.78, 5) is 13.9. The van der Waals surface area contributed by atoms with Gasteiger partial charge in [-0.15, -0.1) is 0 Å². The molecule has 0 bridgehead atoms. The summed E-state index contributed by atoms with van der Waals surface area (Å²) in [6.07, 6.45) is 2.12. The Bertz CT molecular complexity index is 457. The van der Waals surface area contributed by atoms with Gasteiger partial charge in [0.15, 0.2) is 0 Å². The van der Waals surface area contributed by atoms with Crippen molar-refractivity contribution in [3.63, 3.8) is 0 Å². The zero-order valence-electron chi connectivity index (χ0n) is 13.7. The molecule has 4 nitrogen and oxygen atoms in total. The first-order chi connectivity index (χ1) is 9.82. The average molecular weight is 291 g/mol. The first-order valence-electron chi connectivity index (χ1n) is 7.76. The SMILES string of the molecule is CC(C)CCN(CCC(C)C)c1c(N)cccc1C(N)=O. The Morgan fingerprint density at radius 3 is 2.05 bits per heavy atom. The predicted molar refractivity (Wildman–Crippen MR) is 90.5 cm³/mol. The topological polar surface area (TPSA) is 72.3 Å². The number of hydrogen-bond acceptors (Lipinski definition) is 3. The van der Waals surface area contributed by atoms with Crippen LogP contribution in [0, 0.1) is 11.8 Å². The van der Waals surface area contributed by atoms with E-state index >= 15 is 0 Å². The third-order valence-electron chi connectivity index (χ3n) is 3.60. The van der Waals surface area contributed by atoms with Gasteiger partial charge in [0.2, 0.25) is 0 Å². The van der Waals surface area contributed by atoms with Gasteiger partial charge in [-0.2, -0.15) is 0 Å². The molecular formula is C17H29N3O. The number of hydrogen-bond donors (Lipinski definition) is 2. The molecular weight excluding hydrogens is 262 g/mol. The molecule has 0 fully saturated rings.